The second kappa shape index (κ2) is 4.23. The molecule has 0 heterocycles. The van der Waals surface area contributed by atoms with Gasteiger partial charge in [-0.25, -0.2) is 0 Å². The van der Waals surface area contributed by atoms with E-state index >= 15 is 0 Å². The van der Waals surface area contributed by atoms with Crippen LogP contribution in [0.15, 0.2) is 12.2 Å². The van der Waals surface area contributed by atoms with Gasteiger partial charge in [0, 0.05) is 0 Å². The maximum absolute atomic E-state index is 10.1. The van der Waals surface area contributed by atoms with Crippen molar-refractivity contribution in [3.05, 3.63) is 12.2 Å². The molecular formula is C5H3B2ClNO. The van der Waals surface area contributed by atoms with Gasteiger partial charge in [-0.05, 0) is 0 Å². The van der Waals surface area contributed by atoms with Gasteiger partial charge in [0.15, 0.2) is 0 Å². The molecule has 0 atom stereocenters. The SMILES string of the molecule is [B]C(=[B])C(=N)C=CC(=O)Cl. The molecule has 0 aromatic heterocycles. The fourth-order valence-electron chi connectivity index (χ4n) is 0.245. The number of carbonyl (C=O) groups is 1. The molecule has 0 amide bonds. The number of hydrogen-bond acceptors (Lipinski definition) is 2. The number of rotatable bonds is 3. The van der Waals surface area contributed by atoms with Crippen LogP contribution in [-0.2, 0) is 4.79 Å². The summed E-state index contributed by atoms with van der Waals surface area (Å²) in [5.74, 6) is 0. The summed E-state index contributed by atoms with van der Waals surface area (Å²) in [4.78, 5) is 10.1. The first-order chi connectivity index (χ1) is 4.54. The minimum absolute atomic E-state index is 0.117. The summed E-state index contributed by atoms with van der Waals surface area (Å²) < 4.78 is 0. The number of allylic oxidation sites excluding steroid dienone is 2. The Bertz CT molecular complexity index is 212. The first-order valence-corrected chi connectivity index (χ1v) is 2.76. The topological polar surface area (TPSA) is 40.9 Å². The van der Waals surface area contributed by atoms with Gasteiger partial charge in [0.25, 0.3) is 0 Å². The molecule has 0 bridgehead atoms. The summed E-state index contributed by atoms with van der Waals surface area (Å²) in [5, 5.41) is 6.15. The van der Waals surface area contributed by atoms with Crippen LogP contribution in [0, 0.1) is 5.41 Å². The van der Waals surface area contributed by atoms with Gasteiger partial charge in [0.1, 0.15) is 0 Å². The molecule has 0 aliphatic rings. The van der Waals surface area contributed by atoms with E-state index in [-0.39, 0.29) is 11.1 Å². The van der Waals surface area contributed by atoms with Gasteiger partial charge in [-0.1, -0.05) is 0 Å². The second-order valence-corrected chi connectivity index (χ2v) is 1.88. The van der Waals surface area contributed by atoms with Crippen LogP contribution in [0.4, 0.5) is 0 Å². The summed E-state index contributed by atoms with van der Waals surface area (Å²) >= 11 is 4.91. The Morgan fingerprint density at radius 1 is 1.50 bits per heavy atom. The van der Waals surface area contributed by atoms with Gasteiger partial charge in [-0.15, -0.1) is 0 Å². The molecule has 0 aromatic rings. The Morgan fingerprint density at radius 3 is 2.30 bits per heavy atom. The van der Waals surface area contributed by atoms with E-state index in [1.807, 2.05) is 0 Å². The summed E-state index contributed by atoms with van der Waals surface area (Å²) in [7, 11) is 9.97. The van der Waals surface area contributed by atoms with Crippen molar-refractivity contribution in [1.29, 1.82) is 5.41 Å². The van der Waals surface area contributed by atoms with Gasteiger partial charge in [-0.2, -0.15) is 0 Å². The van der Waals surface area contributed by atoms with Crippen molar-refractivity contribution in [3.8, 4) is 0 Å². The van der Waals surface area contributed by atoms with E-state index in [4.69, 9.17) is 32.3 Å². The molecule has 0 aliphatic carbocycles. The maximum atomic E-state index is 10.1. The number of hydrogen-bond donors (Lipinski definition) is 1. The van der Waals surface area contributed by atoms with Gasteiger partial charge in [0.05, 0.1) is 0 Å². The molecule has 0 saturated carbocycles. The number of nitrogens with one attached hydrogen (secondary N) is 1. The molecule has 10 heavy (non-hydrogen) atoms. The van der Waals surface area contributed by atoms with E-state index < -0.39 is 5.24 Å². The van der Waals surface area contributed by atoms with Crippen molar-refractivity contribution < 1.29 is 4.79 Å². The third-order valence-electron chi connectivity index (χ3n) is 0.692. The van der Waals surface area contributed by atoms with Crippen LogP contribution in [0.25, 0.3) is 0 Å². The Hall–Kier alpha value is -0.630. The van der Waals surface area contributed by atoms with Crippen molar-refractivity contribution in [3.63, 3.8) is 0 Å². The van der Waals surface area contributed by atoms with Crippen molar-refractivity contribution in [1.82, 2.24) is 0 Å². The quantitative estimate of drug-likeness (QED) is 0.257. The first kappa shape index (κ1) is 9.37. The van der Waals surface area contributed by atoms with E-state index in [0.29, 0.717) is 0 Å². The van der Waals surface area contributed by atoms with Crippen molar-refractivity contribution in [2.45, 2.75) is 0 Å². The molecule has 3 radical (unpaired) electrons. The molecule has 0 aromatic carbocycles. The van der Waals surface area contributed by atoms with Crippen LogP contribution in [0.1, 0.15) is 0 Å². The number of halogens is 1. The van der Waals surface area contributed by atoms with E-state index in [0.717, 1.165) is 12.2 Å². The average molecular weight is 150 g/mol. The van der Waals surface area contributed by atoms with Crippen LogP contribution in [0.5, 0.6) is 0 Å². The molecule has 0 aliphatic heterocycles. The predicted molar refractivity (Wildman–Crippen MR) is 44.2 cm³/mol. The zero-order valence-electron chi connectivity index (χ0n) is 5.10. The molecule has 0 saturated heterocycles. The van der Waals surface area contributed by atoms with Crippen LogP contribution >= 0.6 is 11.6 Å². The minimum atomic E-state index is -0.661. The molecule has 0 spiro atoms. The Kier molecular flexibility index (Phi) is 3.96. The first-order valence-electron chi connectivity index (χ1n) is 2.38. The van der Waals surface area contributed by atoms with E-state index in [9.17, 15) is 4.79 Å². The Morgan fingerprint density at radius 2 is 2.00 bits per heavy atom. The molecule has 0 fully saturated rings. The monoisotopic (exact) mass is 150 g/mol. The summed E-state index contributed by atoms with van der Waals surface area (Å²) in [6, 6.07) is 0. The van der Waals surface area contributed by atoms with E-state index in [1.165, 1.54) is 0 Å². The third kappa shape index (κ3) is 4.27. The molecule has 1 N–H and O–H groups in total. The normalized spacial score (nSPS) is 9.60. The summed E-state index contributed by atoms with van der Waals surface area (Å²) in [6.07, 6.45) is 2.13. The predicted octanol–water partition coefficient (Wildman–Crippen LogP) is -0.205. The fourth-order valence-corrected chi connectivity index (χ4v) is 0.308. The molecule has 0 rings (SSSR count). The van der Waals surface area contributed by atoms with E-state index in [2.05, 4.69) is 0 Å². The summed E-state index contributed by atoms with van der Waals surface area (Å²) in [5.41, 5.74) is -0.117. The molecular weight excluding hydrogens is 147 g/mol. The Labute approximate surface area is 66.3 Å². The Balaban J connectivity index is 4.03. The fraction of sp³-hybridized carbons (Fsp3) is 0. The van der Waals surface area contributed by atoms with Crippen LogP contribution in [0.3, 0.4) is 0 Å². The zero-order valence-corrected chi connectivity index (χ0v) is 5.85. The van der Waals surface area contributed by atoms with Gasteiger partial charge >= 0.3 is 65.6 Å². The second-order valence-electron chi connectivity index (χ2n) is 1.51. The third-order valence-corrected chi connectivity index (χ3v) is 0.818. The van der Waals surface area contributed by atoms with Gasteiger partial charge in [-0.3, -0.25) is 0 Å². The molecule has 5 heteroatoms. The van der Waals surface area contributed by atoms with Crippen molar-refractivity contribution in [2.75, 3.05) is 0 Å². The van der Waals surface area contributed by atoms with Crippen LogP contribution in [-0.4, -0.2) is 31.7 Å². The van der Waals surface area contributed by atoms with Gasteiger partial charge < -0.3 is 0 Å². The summed E-state index contributed by atoms with van der Waals surface area (Å²) in [6.45, 7) is 0. The number of carbonyl (C=O) groups excluding carboxylic acids is 1. The van der Waals surface area contributed by atoms with E-state index in [1.54, 1.807) is 0 Å². The molecule has 47 valence electrons. The average Bonchev–Trinajstić information content (AvgIpc) is 1.82. The standard InChI is InChI=1S/C5H3B2ClNO/c6-5(7)3(9)1-2-4(8)10/h1-2,9H. The van der Waals surface area contributed by atoms with Crippen LogP contribution < -0.4 is 0 Å². The van der Waals surface area contributed by atoms with Crippen LogP contribution in [0.2, 0.25) is 0 Å². The molecule has 0 unspecified atom stereocenters. The zero-order chi connectivity index (χ0) is 8.15. The molecule has 2 nitrogen and oxygen atoms in total. The van der Waals surface area contributed by atoms with Crippen molar-refractivity contribution >= 4 is 43.3 Å². The van der Waals surface area contributed by atoms with Crippen molar-refractivity contribution in [2.24, 2.45) is 0 Å². The van der Waals surface area contributed by atoms with Gasteiger partial charge in [0.2, 0.25) is 0 Å².